The molecule has 0 saturated carbocycles. The minimum atomic E-state index is -0.449. The summed E-state index contributed by atoms with van der Waals surface area (Å²) in [4.78, 5) is 11.1. The number of hydrogen-bond acceptors (Lipinski definition) is 3. The number of nitrogens with one attached hydrogen (secondary N) is 1. The lowest BCUT2D eigenvalue weighted by molar-refractivity contribution is 0.100. The maximum atomic E-state index is 11.1. The monoisotopic (exact) mass is 348 g/mol. The first kappa shape index (κ1) is 15.5. The van der Waals surface area contributed by atoms with Crippen molar-refractivity contribution in [3.63, 3.8) is 0 Å². The first-order valence-electron chi connectivity index (χ1n) is 6.55. The largest absolute Gasteiger partial charge is 0.457 e. The topological polar surface area (TPSA) is 64.3 Å². The molecule has 0 aliphatic carbocycles. The van der Waals surface area contributed by atoms with Gasteiger partial charge in [0.25, 0.3) is 0 Å². The number of amides is 1. The maximum Gasteiger partial charge on any atom is 0.248 e. The van der Waals surface area contributed by atoms with Crippen molar-refractivity contribution < 1.29 is 9.53 Å². The summed E-state index contributed by atoms with van der Waals surface area (Å²) in [6.07, 6.45) is 0. The quantitative estimate of drug-likeness (QED) is 0.867. The number of ether oxygens (including phenoxy) is 1. The SMILES string of the molecule is CNC(C)c1cc(Br)ccc1Oc1ccc(C(N)=O)cc1. The van der Waals surface area contributed by atoms with Crippen molar-refractivity contribution in [3.05, 3.63) is 58.1 Å². The van der Waals surface area contributed by atoms with E-state index < -0.39 is 5.91 Å². The van der Waals surface area contributed by atoms with E-state index in [1.165, 1.54) is 0 Å². The number of primary amides is 1. The van der Waals surface area contributed by atoms with E-state index in [1.807, 2.05) is 25.2 Å². The van der Waals surface area contributed by atoms with Gasteiger partial charge in [-0.3, -0.25) is 4.79 Å². The third kappa shape index (κ3) is 3.83. The van der Waals surface area contributed by atoms with Gasteiger partial charge in [-0.25, -0.2) is 0 Å². The Labute approximate surface area is 132 Å². The van der Waals surface area contributed by atoms with E-state index in [0.717, 1.165) is 15.8 Å². The summed E-state index contributed by atoms with van der Waals surface area (Å²) in [6.45, 7) is 2.06. The molecule has 0 spiro atoms. The van der Waals surface area contributed by atoms with Crippen LogP contribution in [0.15, 0.2) is 46.9 Å². The standard InChI is InChI=1S/C16H17BrN2O2/c1-10(19-2)14-9-12(17)5-8-15(14)21-13-6-3-11(4-7-13)16(18)20/h3-10,19H,1-2H3,(H2,18,20). The van der Waals surface area contributed by atoms with Gasteiger partial charge in [-0.05, 0) is 56.4 Å². The third-order valence-electron chi connectivity index (χ3n) is 3.24. The highest BCUT2D eigenvalue weighted by Crippen LogP contribution is 2.32. The molecule has 5 heteroatoms. The molecule has 2 aromatic rings. The van der Waals surface area contributed by atoms with Gasteiger partial charge in [0.15, 0.2) is 0 Å². The molecule has 2 rings (SSSR count). The van der Waals surface area contributed by atoms with Crippen LogP contribution in [0, 0.1) is 0 Å². The van der Waals surface area contributed by atoms with Crippen molar-refractivity contribution in [1.29, 1.82) is 0 Å². The van der Waals surface area contributed by atoms with Gasteiger partial charge in [-0.1, -0.05) is 15.9 Å². The first-order chi connectivity index (χ1) is 10.0. The smallest absolute Gasteiger partial charge is 0.248 e. The summed E-state index contributed by atoms with van der Waals surface area (Å²) in [7, 11) is 1.90. The lowest BCUT2D eigenvalue weighted by atomic mass is 10.1. The number of rotatable bonds is 5. The van der Waals surface area contributed by atoms with Gasteiger partial charge in [0.2, 0.25) is 5.91 Å². The molecule has 1 amide bonds. The van der Waals surface area contributed by atoms with Gasteiger partial charge in [0.1, 0.15) is 11.5 Å². The van der Waals surface area contributed by atoms with Crippen LogP contribution in [0.25, 0.3) is 0 Å². The Morgan fingerprint density at radius 3 is 2.48 bits per heavy atom. The highest BCUT2D eigenvalue weighted by Gasteiger charge is 2.12. The zero-order valence-corrected chi connectivity index (χ0v) is 13.5. The molecule has 110 valence electrons. The van der Waals surface area contributed by atoms with Crippen molar-refractivity contribution in [3.8, 4) is 11.5 Å². The zero-order chi connectivity index (χ0) is 15.4. The average molecular weight is 349 g/mol. The van der Waals surface area contributed by atoms with Crippen LogP contribution in [-0.4, -0.2) is 13.0 Å². The van der Waals surface area contributed by atoms with Crippen molar-refractivity contribution in [2.45, 2.75) is 13.0 Å². The summed E-state index contributed by atoms with van der Waals surface area (Å²) >= 11 is 3.47. The fourth-order valence-corrected chi connectivity index (χ4v) is 2.30. The second-order valence-electron chi connectivity index (χ2n) is 4.68. The van der Waals surface area contributed by atoms with Gasteiger partial charge in [-0.2, -0.15) is 0 Å². The molecule has 0 bridgehead atoms. The lowest BCUT2D eigenvalue weighted by Crippen LogP contribution is -2.13. The predicted octanol–water partition coefficient (Wildman–Crippen LogP) is 3.62. The summed E-state index contributed by atoms with van der Waals surface area (Å²) in [5.41, 5.74) is 6.73. The molecule has 1 atom stereocenters. The minimum Gasteiger partial charge on any atom is -0.457 e. The number of nitrogens with two attached hydrogens (primary N) is 1. The van der Waals surface area contributed by atoms with E-state index in [2.05, 4.69) is 28.2 Å². The molecule has 4 nitrogen and oxygen atoms in total. The molecule has 0 aliphatic rings. The molecule has 21 heavy (non-hydrogen) atoms. The number of carbonyl (C=O) groups is 1. The van der Waals surface area contributed by atoms with Crippen molar-refractivity contribution in [1.82, 2.24) is 5.32 Å². The normalized spacial score (nSPS) is 12.0. The van der Waals surface area contributed by atoms with Gasteiger partial charge < -0.3 is 15.8 Å². The molecule has 0 aliphatic heterocycles. The van der Waals surface area contributed by atoms with E-state index in [1.54, 1.807) is 24.3 Å². The Hall–Kier alpha value is -1.85. The molecule has 0 fully saturated rings. The fraction of sp³-hybridized carbons (Fsp3) is 0.188. The van der Waals surface area contributed by atoms with Crippen LogP contribution in [-0.2, 0) is 0 Å². The van der Waals surface area contributed by atoms with Crippen LogP contribution in [0.4, 0.5) is 0 Å². The zero-order valence-electron chi connectivity index (χ0n) is 11.9. The summed E-state index contributed by atoms with van der Waals surface area (Å²) < 4.78 is 6.91. The number of carbonyl (C=O) groups excluding carboxylic acids is 1. The Balaban J connectivity index is 2.28. The van der Waals surface area contributed by atoms with Crippen molar-refractivity contribution in [2.75, 3.05) is 7.05 Å². The fourth-order valence-electron chi connectivity index (χ4n) is 1.92. The third-order valence-corrected chi connectivity index (χ3v) is 3.73. The van der Waals surface area contributed by atoms with Crippen LogP contribution in [0.3, 0.4) is 0 Å². The highest BCUT2D eigenvalue weighted by molar-refractivity contribution is 9.10. The summed E-state index contributed by atoms with van der Waals surface area (Å²) in [6, 6.07) is 12.8. The van der Waals surface area contributed by atoms with Crippen LogP contribution in [0.1, 0.15) is 28.9 Å². The molecule has 3 N–H and O–H groups in total. The Morgan fingerprint density at radius 2 is 1.90 bits per heavy atom. The molecule has 0 radical (unpaired) electrons. The second kappa shape index (κ2) is 6.74. The Kier molecular flexibility index (Phi) is 4.98. The molecular weight excluding hydrogens is 332 g/mol. The molecule has 1 unspecified atom stereocenters. The van der Waals surface area contributed by atoms with Crippen LogP contribution >= 0.6 is 15.9 Å². The summed E-state index contributed by atoms with van der Waals surface area (Å²) in [5.74, 6) is 0.980. The lowest BCUT2D eigenvalue weighted by Gasteiger charge is -2.17. The van der Waals surface area contributed by atoms with Crippen molar-refractivity contribution >= 4 is 21.8 Å². The summed E-state index contributed by atoms with van der Waals surface area (Å²) in [5, 5.41) is 3.20. The van der Waals surface area contributed by atoms with E-state index in [-0.39, 0.29) is 6.04 Å². The van der Waals surface area contributed by atoms with E-state index in [9.17, 15) is 4.79 Å². The molecule has 0 aromatic heterocycles. The van der Waals surface area contributed by atoms with Gasteiger partial charge >= 0.3 is 0 Å². The van der Waals surface area contributed by atoms with Gasteiger partial charge in [0, 0.05) is 21.6 Å². The number of halogens is 1. The van der Waals surface area contributed by atoms with E-state index in [4.69, 9.17) is 10.5 Å². The maximum absolute atomic E-state index is 11.1. The molecule has 0 saturated heterocycles. The molecule has 2 aromatic carbocycles. The van der Waals surface area contributed by atoms with Crippen LogP contribution < -0.4 is 15.8 Å². The molecule has 0 heterocycles. The molecular formula is C16H17BrN2O2. The van der Waals surface area contributed by atoms with Gasteiger partial charge in [-0.15, -0.1) is 0 Å². The first-order valence-corrected chi connectivity index (χ1v) is 7.35. The highest BCUT2D eigenvalue weighted by atomic mass is 79.9. The number of hydrogen-bond donors (Lipinski definition) is 2. The minimum absolute atomic E-state index is 0.155. The van der Waals surface area contributed by atoms with Gasteiger partial charge in [0.05, 0.1) is 0 Å². The van der Waals surface area contributed by atoms with Crippen LogP contribution in [0.2, 0.25) is 0 Å². The Morgan fingerprint density at radius 1 is 1.24 bits per heavy atom. The Bertz CT molecular complexity index is 641. The second-order valence-corrected chi connectivity index (χ2v) is 5.60. The van der Waals surface area contributed by atoms with E-state index in [0.29, 0.717) is 11.3 Å². The number of benzene rings is 2. The predicted molar refractivity (Wildman–Crippen MR) is 86.7 cm³/mol. The van der Waals surface area contributed by atoms with E-state index >= 15 is 0 Å². The van der Waals surface area contributed by atoms with Crippen LogP contribution in [0.5, 0.6) is 11.5 Å². The average Bonchev–Trinajstić information content (AvgIpc) is 2.48. The van der Waals surface area contributed by atoms with Crippen molar-refractivity contribution in [2.24, 2.45) is 5.73 Å².